The molecule has 2 aromatic heterocycles. The lowest BCUT2D eigenvalue weighted by Gasteiger charge is -2.35. The Hall–Kier alpha value is -4.39. The second-order valence-electron chi connectivity index (χ2n) is 11.9. The summed E-state index contributed by atoms with van der Waals surface area (Å²) in [4.78, 5) is 35.6. The van der Waals surface area contributed by atoms with Crippen molar-refractivity contribution in [3.05, 3.63) is 71.4 Å². The average Bonchev–Trinajstić information content (AvgIpc) is 3.64. The fourth-order valence-corrected chi connectivity index (χ4v) is 6.71. The van der Waals surface area contributed by atoms with E-state index in [1.165, 1.54) is 0 Å². The van der Waals surface area contributed by atoms with Crippen LogP contribution in [0.5, 0.6) is 0 Å². The maximum Gasteiger partial charge on any atom is 0.240 e. The number of tetrazole rings is 1. The highest BCUT2D eigenvalue weighted by Crippen LogP contribution is 2.36. The van der Waals surface area contributed by atoms with Gasteiger partial charge < -0.3 is 21.1 Å². The third-order valence-electron chi connectivity index (χ3n) is 9.03. The van der Waals surface area contributed by atoms with Gasteiger partial charge in [-0.2, -0.15) is 5.21 Å². The Morgan fingerprint density at radius 3 is 2.33 bits per heavy atom. The van der Waals surface area contributed by atoms with E-state index in [1.54, 1.807) is 23.2 Å². The van der Waals surface area contributed by atoms with Crippen LogP contribution in [0, 0.1) is 11.8 Å². The summed E-state index contributed by atoms with van der Waals surface area (Å²) in [6.45, 7) is 3.34. The van der Waals surface area contributed by atoms with Crippen LogP contribution in [0.2, 0.25) is 5.02 Å². The van der Waals surface area contributed by atoms with Gasteiger partial charge in [0.25, 0.3) is 0 Å². The number of H-pyrrole nitrogens is 1. The number of amides is 2. The Labute approximate surface area is 272 Å². The molecule has 1 aliphatic heterocycles. The number of ether oxygens (including phenoxy) is 1. The van der Waals surface area contributed by atoms with Crippen molar-refractivity contribution in [1.29, 1.82) is 0 Å². The smallest absolute Gasteiger partial charge is 0.240 e. The van der Waals surface area contributed by atoms with Gasteiger partial charge in [0.15, 0.2) is 0 Å². The number of anilines is 2. The molecular formula is C33H38ClN9O3. The zero-order valence-electron chi connectivity index (χ0n) is 25.5. The number of hydrogen-bond donors (Lipinski definition) is 3. The molecule has 12 nitrogen and oxygen atoms in total. The van der Waals surface area contributed by atoms with Gasteiger partial charge in [0.1, 0.15) is 11.9 Å². The minimum atomic E-state index is -0.904. The normalized spacial score (nSPS) is 19.0. The van der Waals surface area contributed by atoms with E-state index in [4.69, 9.17) is 27.8 Å². The third-order valence-corrected chi connectivity index (χ3v) is 9.40. The van der Waals surface area contributed by atoms with Gasteiger partial charge >= 0.3 is 0 Å². The van der Waals surface area contributed by atoms with Gasteiger partial charge in [-0.05, 0) is 84.8 Å². The number of rotatable bonds is 10. The zero-order valence-corrected chi connectivity index (χ0v) is 26.3. The van der Waals surface area contributed by atoms with E-state index in [2.05, 4.69) is 30.5 Å². The van der Waals surface area contributed by atoms with Crippen molar-refractivity contribution in [3.63, 3.8) is 0 Å². The van der Waals surface area contributed by atoms with Crippen molar-refractivity contribution in [2.24, 2.45) is 23.3 Å². The molecule has 3 heterocycles. The van der Waals surface area contributed by atoms with Gasteiger partial charge in [-0.15, -0.1) is 10.2 Å². The number of nitrogens with one attached hydrogen (secondary N) is 1. The molecule has 1 saturated heterocycles. The second-order valence-corrected chi connectivity index (χ2v) is 12.2. The van der Waals surface area contributed by atoms with Crippen molar-refractivity contribution in [2.75, 3.05) is 42.6 Å². The van der Waals surface area contributed by atoms with Gasteiger partial charge in [0.2, 0.25) is 17.6 Å². The van der Waals surface area contributed by atoms with Crippen LogP contribution in [0.15, 0.2) is 60.8 Å². The van der Waals surface area contributed by atoms with Crippen LogP contribution in [0.25, 0.3) is 22.5 Å². The van der Waals surface area contributed by atoms with Crippen molar-refractivity contribution in [2.45, 2.75) is 38.1 Å². The number of pyridine rings is 1. The van der Waals surface area contributed by atoms with Crippen LogP contribution < -0.4 is 21.3 Å². The number of halogens is 1. The van der Waals surface area contributed by atoms with E-state index in [0.717, 1.165) is 66.8 Å². The van der Waals surface area contributed by atoms with Gasteiger partial charge in [-0.1, -0.05) is 35.9 Å². The minimum absolute atomic E-state index is 0.109. The maximum atomic E-state index is 14.2. The first-order valence-electron chi connectivity index (χ1n) is 15.7. The number of nitrogens with zero attached hydrogens (tertiary/aromatic N) is 6. The van der Waals surface area contributed by atoms with E-state index in [-0.39, 0.29) is 18.2 Å². The SMILES string of the molecule is NCC1CCC(C(=O)N(c2ccc(-c3nn[nH]n3)cc2)[C@@H](Cc2ccc(-c3ccnc(N4CCOCC4)c3Cl)cc2)C(N)=O)CC1. The molecule has 46 heavy (non-hydrogen) atoms. The molecule has 1 saturated carbocycles. The molecule has 0 spiro atoms. The predicted molar refractivity (Wildman–Crippen MR) is 176 cm³/mol. The van der Waals surface area contributed by atoms with Crippen molar-refractivity contribution >= 4 is 34.9 Å². The number of aromatic nitrogens is 5. The average molecular weight is 644 g/mol. The van der Waals surface area contributed by atoms with E-state index < -0.39 is 11.9 Å². The summed E-state index contributed by atoms with van der Waals surface area (Å²) >= 11 is 6.85. The molecule has 5 N–H and O–H groups in total. The monoisotopic (exact) mass is 643 g/mol. The van der Waals surface area contributed by atoms with Crippen LogP contribution in [0.1, 0.15) is 31.2 Å². The molecule has 240 valence electrons. The van der Waals surface area contributed by atoms with Crippen LogP contribution >= 0.6 is 11.6 Å². The number of nitrogens with two attached hydrogens (primary N) is 2. The standard InChI is InChI=1S/C33H38ClN9O3/c34-29-27(13-14-37-32(29)42-15-17-46-18-16-42)23-5-1-21(2-6-23)19-28(30(36)44)43(33(45)25-7-3-22(20-35)4-8-25)26-11-9-24(10-12-26)31-38-40-41-39-31/h1-2,5-6,9-14,22,25,28H,3-4,7-8,15-20,35H2,(H2,36,44)(H,38,39,40,41)/t22?,25?,28-/m0/s1. The molecule has 2 amide bonds. The highest BCUT2D eigenvalue weighted by Gasteiger charge is 2.36. The van der Waals surface area contributed by atoms with E-state index >= 15 is 0 Å². The van der Waals surface area contributed by atoms with Crippen LogP contribution in [0.4, 0.5) is 11.5 Å². The van der Waals surface area contributed by atoms with E-state index in [0.29, 0.717) is 42.2 Å². The van der Waals surface area contributed by atoms with E-state index in [1.807, 2.05) is 42.5 Å². The number of carbonyl (C=O) groups is 2. The Morgan fingerprint density at radius 2 is 1.70 bits per heavy atom. The predicted octanol–water partition coefficient (Wildman–Crippen LogP) is 3.61. The van der Waals surface area contributed by atoms with Crippen molar-refractivity contribution < 1.29 is 14.3 Å². The molecule has 2 aromatic carbocycles. The lowest BCUT2D eigenvalue weighted by atomic mass is 9.81. The first-order chi connectivity index (χ1) is 22.4. The van der Waals surface area contributed by atoms with Crippen LogP contribution in [-0.4, -0.2) is 76.3 Å². The first-order valence-corrected chi connectivity index (χ1v) is 16.0. The lowest BCUT2D eigenvalue weighted by molar-refractivity contribution is -0.127. The molecular weight excluding hydrogens is 606 g/mol. The molecule has 2 aliphatic rings. The quantitative estimate of drug-likeness (QED) is 0.234. The molecule has 0 radical (unpaired) electrons. The number of carbonyl (C=O) groups excluding carboxylic acids is 2. The lowest BCUT2D eigenvalue weighted by Crippen LogP contribution is -2.52. The Morgan fingerprint density at radius 1 is 1.00 bits per heavy atom. The van der Waals surface area contributed by atoms with Crippen molar-refractivity contribution in [3.8, 4) is 22.5 Å². The number of benzene rings is 2. The molecule has 0 bridgehead atoms. The van der Waals surface area contributed by atoms with E-state index in [9.17, 15) is 9.59 Å². The van der Waals surface area contributed by atoms with Gasteiger partial charge in [0.05, 0.1) is 18.2 Å². The number of aromatic amines is 1. The third kappa shape index (κ3) is 6.88. The number of primary amides is 1. The zero-order chi connectivity index (χ0) is 32.0. The summed E-state index contributed by atoms with van der Waals surface area (Å²) in [5, 5.41) is 14.7. The Balaban J connectivity index is 1.27. The summed E-state index contributed by atoms with van der Waals surface area (Å²) in [6.07, 6.45) is 5.21. The largest absolute Gasteiger partial charge is 0.378 e. The maximum absolute atomic E-state index is 14.2. The van der Waals surface area contributed by atoms with Gasteiger partial charge in [0, 0.05) is 48.4 Å². The summed E-state index contributed by atoms with van der Waals surface area (Å²) in [7, 11) is 0. The topological polar surface area (TPSA) is 169 Å². The van der Waals surface area contributed by atoms with Crippen LogP contribution in [-0.2, 0) is 20.7 Å². The van der Waals surface area contributed by atoms with Gasteiger partial charge in [-0.3, -0.25) is 14.5 Å². The highest BCUT2D eigenvalue weighted by atomic mass is 35.5. The Bertz CT molecular complexity index is 1620. The summed E-state index contributed by atoms with van der Waals surface area (Å²) in [5.74, 6) is 0.669. The fourth-order valence-electron chi connectivity index (χ4n) is 6.37. The number of hydrogen-bond acceptors (Lipinski definition) is 9. The summed E-state index contributed by atoms with van der Waals surface area (Å²) < 4.78 is 5.48. The molecule has 0 unspecified atom stereocenters. The van der Waals surface area contributed by atoms with Crippen LogP contribution in [0.3, 0.4) is 0 Å². The Kier molecular flexibility index (Phi) is 9.86. The molecule has 13 heteroatoms. The molecule has 1 atom stereocenters. The number of morpholine rings is 1. The highest BCUT2D eigenvalue weighted by molar-refractivity contribution is 6.35. The molecule has 4 aromatic rings. The van der Waals surface area contributed by atoms with Gasteiger partial charge in [-0.25, -0.2) is 4.98 Å². The second kappa shape index (κ2) is 14.4. The fraction of sp³-hybridized carbons (Fsp3) is 0.394. The summed E-state index contributed by atoms with van der Waals surface area (Å²) in [6, 6.07) is 16.0. The molecule has 1 aliphatic carbocycles. The van der Waals surface area contributed by atoms with Crippen molar-refractivity contribution in [1.82, 2.24) is 25.6 Å². The summed E-state index contributed by atoms with van der Waals surface area (Å²) in [5.41, 5.74) is 15.9. The molecule has 6 rings (SSSR count). The first kappa shape index (κ1) is 31.6. The molecule has 2 fully saturated rings. The minimum Gasteiger partial charge on any atom is -0.378 e.